The van der Waals surface area contributed by atoms with Gasteiger partial charge in [-0.2, -0.15) is 0 Å². The molecule has 0 unspecified atom stereocenters. The van der Waals surface area contributed by atoms with Crippen molar-refractivity contribution < 1.29 is 9.53 Å². The van der Waals surface area contributed by atoms with Crippen LogP contribution in [0.25, 0.3) is 0 Å². The van der Waals surface area contributed by atoms with E-state index >= 15 is 0 Å². The van der Waals surface area contributed by atoms with Gasteiger partial charge in [-0.15, -0.1) is 10.2 Å². The summed E-state index contributed by atoms with van der Waals surface area (Å²) in [7, 11) is 1.58. The summed E-state index contributed by atoms with van der Waals surface area (Å²) >= 11 is 1.24. The van der Waals surface area contributed by atoms with Gasteiger partial charge in [0, 0.05) is 17.2 Å². The lowest BCUT2D eigenvalue weighted by molar-refractivity contribution is -0.113. The molecular formula is C15H21N5O2S. The molecule has 0 aliphatic carbocycles. The minimum Gasteiger partial charge on any atom is -0.497 e. The molecule has 0 aliphatic rings. The highest BCUT2D eigenvalue weighted by Crippen LogP contribution is 2.23. The summed E-state index contributed by atoms with van der Waals surface area (Å²) in [6.07, 6.45) is 0. The first-order valence-electron chi connectivity index (χ1n) is 7.09. The van der Waals surface area contributed by atoms with Crippen molar-refractivity contribution in [1.29, 1.82) is 0 Å². The zero-order valence-corrected chi connectivity index (χ0v) is 14.5. The maximum Gasteiger partial charge on any atom is 0.234 e. The highest BCUT2D eigenvalue weighted by Gasteiger charge is 2.23. The Morgan fingerprint density at radius 1 is 1.39 bits per heavy atom. The zero-order valence-electron chi connectivity index (χ0n) is 13.7. The number of aromatic nitrogens is 3. The fourth-order valence-corrected chi connectivity index (χ4v) is 2.57. The highest BCUT2D eigenvalue weighted by molar-refractivity contribution is 7.99. The molecule has 0 saturated carbocycles. The fraction of sp³-hybridized carbons (Fsp3) is 0.400. The number of carbonyl (C=O) groups excluding carboxylic acids is 1. The standard InChI is InChI=1S/C15H21N5O2S/c1-15(2,3)13-18-19-14(20(13)16)23-9-12(21)17-10-6-5-7-11(8-10)22-4/h5-8H,9,16H2,1-4H3,(H,17,21). The SMILES string of the molecule is COc1cccc(NC(=O)CSc2nnc(C(C)(C)C)n2N)c1. The number of anilines is 1. The first kappa shape index (κ1) is 17.1. The number of thioether (sulfide) groups is 1. The average Bonchev–Trinajstić information content (AvgIpc) is 2.86. The number of nitrogen functional groups attached to an aromatic ring is 1. The van der Waals surface area contributed by atoms with Gasteiger partial charge in [0.1, 0.15) is 5.75 Å². The molecule has 1 aromatic carbocycles. The Hall–Kier alpha value is -2.22. The van der Waals surface area contributed by atoms with Crippen LogP contribution in [0, 0.1) is 0 Å². The topological polar surface area (TPSA) is 95.1 Å². The maximum absolute atomic E-state index is 12.0. The van der Waals surface area contributed by atoms with Crippen molar-refractivity contribution in [2.45, 2.75) is 31.3 Å². The van der Waals surface area contributed by atoms with E-state index in [-0.39, 0.29) is 17.1 Å². The molecule has 1 aromatic heterocycles. The molecule has 8 heteroatoms. The van der Waals surface area contributed by atoms with E-state index in [0.29, 0.717) is 22.4 Å². The zero-order chi connectivity index (χ0) is 17.0. The lowest BCUT2D eigenvalue weighted by Crippen LogP contribution is -2.24. The minimum absolute atomic E-state index is 0.149. The third-order valence-electron chi connectivity index (χ3n) is 3.02. The molecule has 0 atom stereocenters. The molecule has 7 nitrogen and oxygen atoms in total. The van der Waals surface area contributed by atoms with E-state index in [1.54, 1.807) is 19.2 Å². The third kappa shape index (κ3) is 4.38. The Labute approximate surface area is 139 Å². The molecule has 3 N–H and O–H groups in total. The van der Waals surface area contributed by atoms with Crippen LogP contribution < -0.4 is 15.9 Å². The van der Waals surface area contributed by atoms with E-state index in [0.717, 1.165) is 0 Å². The molecule has 0 saturated heterocycles. The van der Waals surface area contributed by atoms with Gasteiger partial charge in [-0.05, 0) is 12.1 Å². The number of amides is 1. The number of ether oxygens (including phenoxy) is 1. The Bertz CT molecular complexity index is 693. The van der Waals surface area contributed by atoms with Gasteiger partial charge in [0.2, 0.25) is 11.1 Å². The number of hydrogen-bond donors (Lipinski definition) is 2. The maximum atomic E-state index is 12.0. The van der Waals surface area contributed by atoms with Crippen molar-refractivity contribution in [3.8, 4) is 5.75 Å². The summed E-state index contributed by atoms with van der Waals surface area (Å²) < 4.78 is 6.56. The lowest BCUT2D eigenvalue weighted by atomic mass is 9.96. The molecule has 124 valence electrons. The summed E-state index contributed by atoms with van der Waals surface area (Å²) in [5.41, 5.74) is 0.475. The van der Waals surface area contributed by atoms with Crippen LogP contribution in [0.1, 0.15) is 26.6 Å². The fourth-order valence-electron chi connectivity index (χ4n) is 1.91. The van der Waals surface area contributed by atoms with Crippen molar-refractivity contribution in [3.63, 3.8) is 0 Å². The van der Waals surface area contributed by atoms with E-state index < -0.39 is 0 Å². The van der Waals surface area contributed by atoms with Gasteiger partial charge in [-0.25, -0.2) is 4.68 Å². The first-order valence-corrected chi connectivity index (χ1v) is 8.07. The number of benzene rings is 1. The van der Waals surface area contributed by atoms with E-state index in [4.69, 9.17) is 10.6 Å². The number of rotatable bonds is 5. The van der Waals surface area contributed by atoms with E-state index in [1.807, 2.05) is 32.9 Å². The Morgan fingerprint density at radius 2 is 2.13 bits per heavy atom. The predicted octanol–water partition coefficient (Wildman–Crippen LogP) is 2.03. The molecule has 0 radical (unpaired) electrons. The van der Waals surface area contributed by atoms with Crippen molar-refractivity contribution >= 4 is 23.4 Å². The van der Waals surface area contributed by atoms with Gasteiger partial charge in [-0.3, -0.25) is 4.79 Å². The Balaban J connectivity index is 1.96. The second-order valence-corrected chi connectivity index (χ2v) is 6.94. The molecule has 0 spiro atoms. The number of carbonyl (C=O) groups is 1. The number of hydrogen-bond acceptors (Lipinski definition) is 6. The van der Waals surface area contributed by atoms with E-state index in [1.165, 1.54) is 16.4 Å². The van der Waals surface area contributed by atoms with Crippen molar-refractivity contribution in [2.75, 3.05) is 24.0 Å². The van der Waals surface area contributed by atoms with Gasteiger partial charge >= 0.3 is 0 Å². The summed E-state index contributed by atoms with van der Waals surface area (Å²) in [4.78, 5) is 12.0. The summed E-state index contributed by atoms with van der Waals surface area (Å²) in [5.74, 6) is 7.39. The van der Waals surface area contributed by atoms with Crippen LogP contribution in [-0.4, -0.2) is 33.6 Å². The molecule has 2 rings (SSSR count). The summed E-state index contributed by atoms with van der Waals surface area (Å²) in [6.45, 7) is 6.01. The second-order valence-electron chi connectivity index (χ2n) is 5.99. The van der Waals surface area contributed by atoms with Crippen LogP contribution in [0.15, 0.2) is 29.4 Å². The first-order chi connectivity index (χ1) is 10.8. The third-order valence-corrected chi connectivity index (χ3v) is 3.96. The van der Waals surface area contributed by atoms with Crippen LogP contribution >= 0.6 is 11.8 Å². The van der Waals surface area contributed by atoms with Gasteiger partial charge < -0.3 is 15.9 Å². The van der Waals surface area contributed by atoms with Crippen LogP contribution in [-0.2, 0) is 10.2 Å². The Kier molecular flexibility index (Phi) is 5.15. The predicted molar refractivity (Wildman–Crippen MR) is 91.2 cm³/mol. The number of nitrogens with zero attached hydrogens (tertiary/aromatic N) is 3. The van der Waals surface area contributed by atoms with E-state index in [2.05, 4.69) is 15.5 Å². The Morgan fingerprint density at radius 3 is 2.74 bits per heavy atom. The van der Waals surface area contributed by atoms with Gasteiger partial charge in [0.05, 0.1) is 12.9 Å². The van der Waals surface area contributed by atoms with Crippen molar-refractivity contribution in [2.24, 2.45) is 0 Å². The number of nitrogens with two attached hydrogens (primary N) is 1. The molecule has 23 heavy (non-hydrogen) atoms. The molecule has 1 heterocycles. The lowest BCUT2D eigenvalue weighted by Gasteiger charge is -2.16. The monoisotopic (exact) mass is 335 g/mol. The van der Waals surface area contributed by atoms with Crippen LogP contribution in [0.5, 0.6) is 5.75 Å². The molecule has 2 aromatic rings. The van der Waals surface area contributed by atoms with Crippen molar-refractivity contribution in [3.05, 3.63) is 30.1 Å². The smallest absolute Gasteiger partial charge is 0.234 e. The molecule has 0 fully saturated rings. The van der Waals surface area contributed by atoms with Crippen LogP contribution in [0.4, 0.5) is 5.69 Å². The highest BCUT2D eigenvalue weighted by atomic mass is 32.2. The van der Waals surface area contributed by atoms with Gasteiger partial charge in [0.15, 0.2) is 5.82 Å². The quantitative estimate of drug-likeness (QED) is 0.641. The average molecular weight is 335 g/mol. The minimum atomic E-state index is -0.205. The number of methoxy groups -OCH3 is 1. The summed E-state index contributed by atoms with van der Waals surface area (Å²) in [5, 5.41) is 11.4. The van der Waals surface area contributed by atoms with Gasteiger partial charge in [-0.1, -0.05) is 38.6 Å². The summed E-state index contributed by atoms with van der Waals surface area (Å²) in [6, 6.07) is 7.18. The van der Waals surface area contributed by atoms with E-state index in [9.17, 15) is 4.79 Å². The molecule has 0 bridgehead atoms. The number of nitrogens with one attached hydrogen (secondary N) is 1. The largest absolute Gasteiger partial charge is 0.497 e. The van der Waals surface area contributed by atoms with Gasteiger partial charge in [0.25, 0.3) is 0 Å². The van der Waals surface area contributed by atoms with Crippen LogP contribution in [0.2, 0.25) is 0 Å². The normalized spacial score (nSPS) is 11.3. The van der Waals surface area contributed by atoms with Crippen LogP contribution in [0.3, 0.4) is 0 Å². The molecule has 0 aliphatic heterocycles. The molecule has 1 amide bonds. The van der Waals surface area contributed by atoms with Crippen molar-refractivity contribution in [1.82, 2.24) is 14.9 Å². The second kappa shape index (κ2) is 6.91. The molecular weight excluding hydrogens is 314 g/mol.